The first-order valence-electron chi connectivity index (χ1n) is 8.03. The average Bonchev–Trinajstić information content (AvgIpc) is 2.78. The van der Waals surface area contributed by atoms with Crippen molar-refractivity contribution in [3.63, 3.8) is 0 Å². The van der Waals surface area contributed by atoms with Gasteiger partial charge < -0.3 is 4.90 Å². The predicted octanol–water partition coefficient (Wildman–Crippen LogP) is 1.94. The molecule has 1 heterocycles. The predicted molar refractivity (Wildman–Crippen MR) is 95.1 cm³/mol. The molecule has 0 atom stereocenters. The van der Waals surface area contributed by atoms with Crippen molar-refractivity contribution in [2.45, 2.75) is 12.8 Å². The SMILES string of the molecule is CN1C(=O)CN=C(c2ccccc2)c2ccc(CCC(=O)NO)cc21. The molecule has 1 aliphatic rings. The molecule has 2 amide bonds. The van der Waals surface area contributed by atoms with Crippen molar-refractivity contribution in [3.8, 4) is 0 Å². The number of carbonyl (C=O) groups excluding carboxylic acids is 2. The van der Waals surface area contributed by atoms with Crippen molar-refractivity contribution >= 4 is 23.2 Å². The van der Waals surface area contributed by atoms with Crippen LogP contribution in [0.15, 0.2) is 53.5 Å². The fourth-order valence-electron chi connectivity index (χ4n) is 2.84. The van der Waals surface area contributed by atoms with Gasteiger partial charge in [-0.15, -0.1) is 0 Å². The van der Waals surface area contributed by atoms with E-state index in [-0.39, 0.29) is 18.9 Å². The number of fused-ring (bicyclic) bond motifs is 1. The monoisotopic (exact) mass is 337 g/mol. The van der Waals surface area contributed by atoms with Crippen LogP contribution in [0.5, 0.6) is 0 Å². The molecule has 0 fully saturated rings. The summed E-state index contributed by atoms with van der Waals surface area (Å²) < 4.78 is 0. The van der Waals surface area contributed by atoms with Gasteiger partial charge in [-0.25, -0.2) is 5.48 Å². The highest BCUT2D eigenvalue weighted by atomic mass is 16.5. The summed E-state index contributed by atoms with van der Waals surface area (Å²) in [4.78, 5) is 29.6. The standard InChI is InChI=1S/C19H19N3O3/c1-22-16-11-13(8-10-17(23)21-25)7-9-15(16)19(20-12-18(22)24)14-5-3-2-4-6-14/h2-7,9,11,25H,8,10,12H2,1H3,(H,21,23). The zero-order valence-corrected chi connectivity index (χ0v) is 13.9. The number of hydrogen-bond donors (Lipinski definition) is 2. The highest BCUT2D eigenvalue weighted by molar-refractivity contribution is 6.19. The minimum atomic E-state index is -0.439. The fourth-order valence-corrected chi connectivity index (χ4v) is 2.84. The summed E-state index contributed by atoms with van der Waals surface area (Å²) in [6.07, 6.45) is 0.645. The lowest BCUT2D eigenvalue weighted by Gasteiger charge is -2.19. The van der Waals surface area contributed by atoms with Crippen molar-refractivity contribution in [1.29, 1.82) is 0 Å². The number of nitrogens with one attached hydrogen (secondary N) is 1. The largest absolute Gasteiger partial charge is 0.313 e. The van der Waals surface area contributed by atoms with Gasteiger partial charge in [-0.1, -0.05) is 42.5 Å². The summed E-state index contributed by atoms with van der Waals surface area (Å²) in [6, 6.07) is 15.5. The molecular weight excluding hydrogens is 318 g/mol. The molecular formula is C19H19N3O3. The number of anilines is 1. The van der Waals surface area contributed by atoms with Gasteiger partial charge in [0, 0.05) is 24.6 Å². The number of likely N-dealkylation sites (N-methyl/N-ethyl adjacent to an activating group) is 1. The van der Waals surface area contributed by atoms with E-state index in [1.54, 1.807) is 17.4 Å². The summed E-state index contributed by atoms with van der Waals surface area (Å²) >= 11 is 0. The van der Waals surface area contributed by atoms with Crippen LogP contribution >= 0.6 is 0 Å². The third-order valence-corrected chi connectivity index (χ3v) is 4.24. The van der Waals surface area contributed by atoms with Gasteiger partial charge in [-0.05, 0) is 18.1 Å². The Bertz CT molecular complexity index is 831. The summed E-state index contributed by atoms with van der Waals surface area (Å²) in [7, 11) is 1.73. The highest BCUT2D eigenvalue weighted by Gasteiger charge is 2.22. The number of hydrogen-bond acceptors (Lipinski definition) is 4. The number of rotatable bonds is 4. The lowest BCUT2D eigenvalue weighted by atomic mass is 9.97. The van der Waals surface area contributed by atoms with E-state index in [1.165, 1.54) is 0 Å². The summed E-state index contributed by atoms with van der Waals surface area (Å²) in [5.74, 6) is -0.525. The van der Waals surface area contributed by atoms with Crippen molar-refractivity contribution < 1.29 is 14.8 Å². The van der Waals surface area contributed by atoms with Crippen molar-refractivity contribution in [2.75, 3.05) is 18.5 Å². The first-order chi connectivity index (χ1) is 12.1. The van der Waals surface area contributed by atoms with Crippen molar-refractivity contribution in [1.82, 2.24) is 5.48 Å². The molecule has 0 aliphatic carbocycles. The highest BCUT2D eigenvalue weighted by Crippen LogP contribution is 2.27. The molecule has 0 spiro atoms. The lowest BCUT2D eigenvalue weighted by Crippen LogP contribution is -2.28. The van der Waals surface area contributed by atoms with E-state index in [1.807, 2.05) is 48.5 Å². The number of benzene rings is 2. The first kappa shape index (κ1) is 16.9. The van der Waals surface area contributed by atoms with E-state index in [2.05, 4.69) is 4.99 Å². The molecule has 2 aromatic rings. The van der Waals surface area contributed by atoms with Gasteiger partial charge in [-0.3, -0.25) is 19.8 Å². The molecule has 6 nitrogen and oxygen atoms in total. The van der Waals surface area contributed by atoms with E-state index in [9.17, 15) is 9.59 Å². The number of aryl methyl sites for hydroxylation is 1. The average molecular weight is 337 g/mol. The molecule has 25 heavy (non-hydrogen) atoms. The Balaban J connectivity index is 2.01. The maximum atomic E-state index is 12.3. The first-order valence-corrected chi connectivity index (χ1v) is 8.03. The van der Waals surface area contributed by atoms with Crippen molar-refractivity contribution in [2.24, 2.45) is 4.99 Å². The van der Waals surface area contributed by atoms with Gasteiger partial charge in [0.15, 0.2) is 0 Å². The van der Waals surface area contributed by atoms with Crippen LogP contribution in [0.1, 0.15) is 23.1 Å². The third kappa shape index (κ3) is 3.59. The molecule has 1 aliphatic heterocycles. The molecule has 0 unspecified atom stereocenters. The van der Waals surface area contributed by atoms with Gasteiger partial charge in [0.25, 0.3) is 0 Å². The Hall–Kier alpha value is -2.99. The Morgan fingerprint density at radius 2 is 2.00 bits per heavy atom. The quantitative estimate of drug-likeness (QED) is 0.661. The summed E-state index contributed by atoms with van der Waals surface area (Å²) in [5.41, 5.74) is 5.94. The molecule has 3 rings (SSSR count). The van der Waals surface area contributed by atoms with Crippen LogP contribution in [-0.4, -0.2) is 36.3 Å². The number of benzodiazepines with no additional fused rings is 1. The number of aliphatic imine (C=N–C) groups is 1. The van der Waals surface area contributed by atoms with E-state index in [0.717, 1.165) is 28.1 Å². The molecule has 0 bridgehead atoms. The van der Waals surface area contributed by atoms with Crippen molar-refractivity contribution in [3.05, 3.63) is 65.2 Å². The van der Waals surface area contributed by atoms with Crippen LogP contribution < -0.4 is 10.4 Å². The van der Waals surface area contributed by atoms with Crippen LogP contribution in [0.25, 0.3) is 0 Å². The molecule has 0 saturated carbocycles. The lowest BCUT2D eigenvalue weighted by molar-refractivity contribution is -0.129. The normalized spacial score (nSPS) is 13.8. The van der Waals surface area contributed by atoms with Crippen LogP contribution in [0.2, 0.25) is 0 Å². The number of amides is 2. The molecule has 0 saturated heterocycles. The topological polar surface area (TPSA) is 82.0 Å². The van der Waals surface area contributed by atoms with Gasteiger partial charge in [-0.2, -0.15) is 0 Å². The maximum Gasteiger partial charge on any atom is 0.248 e. The van der Waals surface area contributed by atoms with E-state index >= 15 is 0 Å². The van der Waals surface area contributed by atoms with Gasteiger partial charge >= 0.3 is 0 Å². The maximum absolute atomic E-state index is 12.3. The van der Waals surface area contributed by atoms with Crippen LogP contribution in [-0.2, 0) is 16.0 Å². The van der Waals surface area contributed by atoms with E-state index in [4.69, 9.17) is 5.21 Å². The van der Waals surface area contributed by atoms with Gasteiger partial charge in [0.1, 0.15) is 6.54 Å². The van der Waals surface area contributed by atoms with Crippen LogP contribution in [0, 0.1) is 0 Å². The second kappa shape index (κ2) is 7.27. The second-order valence-electron chi connectivity index (χ2n) is 5.87. The molecule has 0 radical (unpaired) electrons. The Morgan fingerprint density at radius 1 is 1.24 bits per heavy atom. The zero-order chi connectivity index (χ0) is 17.8. The third-order valence-electron chi connectivity index (χ3n) is 4.24. The Labute approximate surface area is 145 Å². The minimum Gasteiger partial charge on any atom is -0.313 e. The number of carbonyl (C=O) groups is 2. The summed E-state index contributed by atoms with van der Waals surface area (Å²) in [5, 5.41) is 8.61. The molecule has 0 aromatic heterocycles. The van der Waals surface area contributed by atoms with E-state index in [0.29, 0.717) is 6.42 Å². The molecule has 6 heteroatoms. The second-order valence-corrected chi connectivity index (χ2v) is 5.87. The minimum absolute atomic E-state index is 0.0857. The Morgan fingerprint density at radius 3 is 2.72 bits per heavy atom. The Kier molecular flexibility index (Phi) is 4.90. The number of nitrogens with zero attached hydrogens (tertiary/aromatic N) is 2. The molecule has 2 aromatic carbocycles. The smallest absolute Gasteiger partial charge is 0.248 e. The van der Waals surface area contributed by atoms with Gasteiger partial charge in [0.05, 0.1) is 11.4 Å². The molecule has 2 N–H and O–H groups in total. The summed E-state index contributed by atoms with van der Waals surface area (Å²) in [6.45, 7) is 0.0949. The van der Waals surface area contributed by atoms with Crippen LogP contribution in [0.3, 0.4) is 0 Å². The van der Waals surface area contributed by atoms with Crippen LogP contribution in [0.4, 0.5) is 5.69 Å². The zero-order valence-electron chi connectivity index (χ0n) is 13.9. The number of hydroxylamine groups is 1. The van der Waals surface area contributed by atoms with Gasteiger partial charge in [0.2, 0.25) is 11.8 Å². The van der Waals surface area contributed by atoms with E-state index < -0.39 is 5.91 Å². The fraction of sp³-hybridized carbons (Fsp3) is 0.211. The molecule has 128 valence electrons.